The smallest absolute Gasteiger partial charge is 0.223 e. The van der Waals surface area contributed by atoms with Crippen LogP contribution >= 0.6 is 0 Å². The predicted molar refractivity (Wildman–Crippen MR) is 84.5 cm³/mol. The molecule has 1 heterocycles. The first-order chi connectivity index (χ1) is 10.5. The highest BCUT2D eigenvalue weighted by Crippen LogP contribution is 2.24. The van der Waals surface area contributed by atoms with E-state index in [1.807, 2.05) is 29.2 Å². The number of hydrogen-bond acceptors (Lipinski definition) is 3. The Morgan fingerprint density at radius 3 is 2.36 bits per heavy atom. The fourth-order valence-electron chi connectivity index (χ4n) is 2.85. The summed E-state index contributed by atoms with van der Waals surface area (Å²) in [6.07, 6.45) is 1.84. The molecule has 0 spiro atoms. The van der Waals surface area contributed by atoms with E-state index in [-0.39, 0.29) is 23.7 Å². The Bertz CT molecular complexity index is 519. The average Bonchev–Trinajstić information content (AvgIpc) is 2.54. The van der Waals surface area contributed by atoms with Gasteiger partial charge in [0.2, 0.25) is 11.8 Å². The second kappa shape index (κ2) is 7.29. The number of ether oxygens (including phenoxy) is 1. The van der Waals surface area contributed by atoms with Gasteiger partial charge in [-0.05, 0) is 36.5 Å². The van der Waals surface area contributed by atoms with Crippen molar-refractivity contribution in [3.05, 3.63) is 29.8 Å². The summed E-state index contributed by atoms with van der Waals surface area (Å²) in [5.74, 6) is 0.788. The number of piperidine rings is 1. The van der Waals surface area contributed by atoms with Crippen molar-refractivity contribution < 1.29 is 14.3 Å². The molecular weight excluding hydrogens is 280 g/mol. The van der Waals surface area contributed by atoms with Gasteiger partial charge in [-0.25, -0.2) is 0 Å². The summed E-state index contributed by atoms with van der Waals surface area (Å²) in [6.45, 7) is 3.30. The number of likely N-dealkylation sites (tertiary alicyclic amines) is 1. The molecule has 5 nitrogen and oxygen atoms in total. The number of amides is 2. The third-order valence-corrected chi connectivity index (χ3v) is 4.42. The van der Waals surface area contributed by atoms with Crippen LogP contribution in [0.4, 0.5) is 0 Å². The molecule has 0 aliphatic carbocycles. The van der Waals surface area contributed by atoms with Crippen LogP contribution in [0.5, 0.6) is 5.75 Å². The van der Waals surface area contributed by atoms with Crippen LogP contribution in [0.25, 0.3) is 0 Å². The summed E-state index contributed by atoms with van der Waals surface area (Å²) >= 11 is 0. The van der Waals surface area contributed by atoms with Gasteiger partial charge in [-0.15, -0.1) is 0 Å². The lowest BCUT2D eigenvalue weighted by atomic mass is 9.94. The fourth-order valence-corrected chi connectivity index (χ4v) is 2.85. The standard InChI is InChI=1S/C17H24N2O3/c1-12(13-3-5-15(22-2)6-4-13)11-16(20)19-9-7-14(8-10-19)17(18)21/h3-6,12,14H,7-11H2,1-2H3,(H2,18,21). The average molecular weight is 304 g/mol. The number of carbonyl (C=O) groups is 2. The Balaban J connectivity index is 1.87. The zero-order chi connectivity index (χ0) is 16.1. The van der Waals surface area contributed by atoms with Crippen molar-refractivity contribution in [2.75, 3.05) is 20.2 Å². The molecule has 1 unspecified atom stereocenters. The van der Waals surface area contributed by atoms with E-state index in [9.17, 15) is 9.59 Å². The molecule has 1 aliphatic heterocycles. The molecule has 5 heteroatoms. The molecule has 1 aliphatic rings. The Hall–Kier alpha value is -2.04. The number of carbonyl (C=O) groups excluding carboxylic acids is 2. The minimum absolute atomic E-state index is 0.0805. The number of hydrogen-bond donors (Lipinski definition) is 1. The molecule has 1 saturated heterocycles. The molecule has 22 heavy (non-hydrogen) atoms. The third-order valence-electron chi connectivity index (χ3n) is 4.42. The Labute approximate surface area is 131 Å². The van der Waals surface area contributed by atoms with Crippen molar-refractivity contribution >= 4 is 11.8 Å². The van der Waals surface area contributed by atoms with Gasteiger partial charge in [-0.2, -0.15) is 0 Å². The second-order valence-corrected chi connectivity index (χ2v) is 5.94. The maximum absolute atomic E-state index is 12.4. The second-order valence-electron chi connectivity index (χ2n) is 5.94. The summed E-state index contributed by atoms with van der Waals surface area (Å²) in [6, 6.07) is 7.82. The fraction of sp³-hybridized carbons (Fsp3) is 0.529. The highest BCUT2D eigenvalue weighted by atomic mass is 16.5. The van der Waals surface area contributed by atoms with Crippen molar-refractivity contribution in [1.29, 1.82) is 0 Å². The molecule has 1 aromatic rings. The van der Waals surface area contributed by atoms with Crippen LogP contribution in [0.1, 0.15) is 37.7 Å². The summed E-state index contributed by atoms with van der Waals surface area (Å²) in [5.41, 5.74) is 6.44. The predicted octanol–water partition coefficient (Wildman–Crippen LogP) is 1.91. The van der Waals surface area contributed by atoms with Crippen molar-refractivity contribution in [1.82, 2.24) is 4.90 Å². The largest absolute Gasteiger partial charge is 0.497 e. The van der Waals surface area contributed by atoms with Crippen molar-refractivity contribution in [2.45, 2.75) is 32.1 Å². The molecule has 0 aromatic heterocycles. The van der Waals surface area contributed by atoms with E-state index in [4.69, 9.17) is 10.5 Å². The Morgan fingerprint density at radius 2 is 1.86 bits per heavy atom. The van der Waals surface area contributed by atoms with Gasteiger partial charge in [0.15, 0.2) is 0 Å². The third kappa shape index (κ3) is 4.00. The van der Waals surface area contributed by atoms with E-state index in [2.05, 4.69) is 6.92 Å². The molecule has 1 atom stereocenters. The van der Waals surface area contributed by atoms with Gasteiger partial charge < -0.3 is 15.4 Å². The van der Waals surface area contributed by atoms with Gasteiger partial charge in [-0.1, -0.05) is 19.1 Å². The first kappa shape index (κ1) is 16.3. The molecule has 0 bridgehead atoms. The highest BCUT2D eigenvalue weighted by molar-refractivity contribution is 5.79. The SMILES string of the molecule is COc1ccc(C(C)CC(=O)N2CCC(C(N)=O)CC2)cc1. The lowest BCUT2D eigenvalue weighted by Gasteiger charge is -2.31. The van der Waals surface area contributed by atoms with Gasteiger partial charge in [0.25, 0.3) is 0 Å². The minimum atomic E-state index is -0.251. The van der Waals surface area contributed by atoms with Crippen LogP contribution in [0.3, 0.4) is 0 Å². The van der Waals surface area contributed by atoms with Crippen LogP contribution in [0.2, 0.25) is 0 Å². The number of benzene rings is 1. The maximum Gasteiger partial charge on any atom is 0.223 e. The van der Waals surface area contributed by atoms with Crippen molar-refractivity contribution in [3.63, 3.8) is 0 Å². The van der Waals surface area contributed by atoms with Gasteiger partial charge in [0, 0.05) is 25.4 Å². The van der Waals surface area contributed by atoms with E-state index >= 15 is 0 Å². The zero-order valence-corrected chi connectivity index (χ0v) is 13.2. The van der Waals surface area contributed by atoms with Gasteiger partial charge in [0.1, 0.15) is 5.75 Å². The molecular formula is C17H24N2O3. The van der Waals surface area contributed by atoms with Gasteiger partial charge in [-0.3, -0.25) is 9.59 Å². The molecule has 2 rings (SSSR count). The molecule has 1 fully saturated rings. The number of rotatable bonds is 5. The normalized spacial score (nSPS) is 17.1. The summed E-state index contributed by atoms with van der Waals surface area (Å²) < 4.78 is 5.14. The zero-order valence-electron chi connectivity index (χ0n) is 13.2. The quantitative estimate of drug-likeness (QED) is 0.903. The summed E-state index contributed by atoms with van der Waals surface area (Å²) in [7, 11) is 1.64. The number of nitrogens with zero attached hydrogens (tertiary/aromatic N) is 1. The van der Waals surface area contributed by atoms with E-state index in [0.717, 1.165) is 11.3 Å². The monoisotopic (exact) mass is 304 g/mol. The van der Waals surface area contributed by atoms with Crippen LogP contribution in [-0.2, 0) is 9.59 Å². The van der Waals surface area contributed by atoms with Gasteiger partial charge in [0.05, 0.1) is 7.11 Å². The molecule has 0 radical (unpaired) electrons. The molecule has 120 valence electrons. The maximum atomic E-state index is 12.4. The number of nitrogens with two attached hydrogens (primary N) is 1. The molecule has 1 aromatic carbocycles. The van der Waals surface area contributed by atoms with Crippen LogP contribution in [0, 0.1) is 5.92 Å². The molecule has 2 amide bonds. The van der Waals surface area contributed by atoms with Crippen LogP contribution in [0.15, 0.2) is 24.3 Å². The van der Waals surface area contributed by atoms with E-state index in [1.165, 1.54) is 0 Å². The van der Waals surface area contributed by atoms with Crippen LogP contribution in [-0.4, -0.2) is 36.9 Å². The van der Waals surface area contributed by atoms with E-state index in [1.54, 1.807) is 7.11 Å². The number of primary amides is 1. The first-order valence-corrected chi connectivity index (χ1v) is 7.72. The Kier molecular flexibility index (Phi) is 5.41. The lowest BCUT2D eigenvalue weighted by Crippen LogP contribution is -2.42. The Morgan fingerprint density at radius 1 is 1.27 bits per heavy atom. The van der Waals surface area contributed by atoms with Gasteiger partial charge >= 0.3 is 0 Å². The molecule has 2 N–H and O–H groups in total. The first-order valence-electron chi connectivity index (χ1n) is 7.72. The highest BCUT2D eigenvalue weighted by Gasteiger charge is 2.26. The topological polar surface area (TPSA) is 72.6 Å². The van der Waals surface area contributed by atoms with Crippen molar-refractivity contribution in [3.8, 4) is 5.75 Å². The van der Waals surface area contributed by atoms with Crippen molar-refractivity contribution in [2.24, 2.45) is 11.7 Å². The van der Waals surface area contributed by atoms with E-state index in [0.29, 0.717) is 32.4 Å². The summed E-state index contributed by atoms with van der Waals surface area (Å²) in [5, 5.41) is 0. The minimum Gasteiger partial charge on any atom is -0.497 e. The summed E-state index contributed by atoms with van der Waals surface area (Å²) in [4.78, 5) is 25.4. The number of methoxy groups -OCH3 is 1. The van der Waals surface area contributed by atoms with E-state index < -0.39 is 0 Å². The lowest BCUT2D eigenvalue weighted by molar-refractivity contribution is -0.135. The molecule has 0 saturated carbocycles. The van der Waals surface area contributed by atoms with Crippen LogP contribution < -0.4 is 10.5 Å².